The second kappa shape index (κ2) is 17.0. The predicted octanol–water partition coefficient (Wildman–Crippen LogP) is 7.95. The summed E-state index contributed by atoms with van der Waals surface area (Å²) in [7, 11) is -1.25. The van der Waals surface area contributed by atoms with Gasteiger partial charge in [-0.1, -0.05) is 118 Å². The van der Waals surface area contributed by atoms with Gasteiger partial charge in [0.2, 0.25) is 0 Å². The number of nitrogens with zero attached hydrogens (tertiary/aromatic N) is 2. The number of benzene rings is 4. The molecule has 0 aliphatic heterocycles. The van der Waals surface area contributed by atoms with Crippen molar-refractivity contribution >= 4 is 30.9 Å². The van der Waals surface area contributed by atoms with E-state index in [-0.39, 0.29) is 43.7 Å². The summed E-state index contributed by atoms with van der Waals surface area (Å²) in [5.41, 5.74) is 1.81. The van der Waals surface area contributed by atoms with Gasteiger partial charge in [0.1, 0.15) is 18.0 Å². The van der Waals surface area contributed by atoms with Crippen molar-refractivity contribution in [3.05, 3.63) is 132 Å². The summed E-state index contributed by atoms with van der Waals surface area (Å²) in [5, 5.41) is 2.03. The Bertz CT molecular complexity index is 1630. The molecule has 9 heteroatoms. The van der Waals surface area contributed by atoms with Crippen molar-refractivity contribution in [2.45, 2.75) is 71.8 Å². The van der Waals surface area contributed by atoms with Crippen LogP contribution in [-0.2, 0) is 33.5 Å². The van der Waals surface area contributed by atoms with E-state index in [1.54, 1.807) is 18.0 Å². The first kappa shape index (κ1) is 38.3. The zero-order valence-corrected chi connectivity index (χ0v) is 31.4. The Labute approximate surface area is 298 Å². The van der Waals surface area contributed by atoms with E-state index in [1.165, 1.54) is 17.0 Å². The summed E-state index contributed by atoms with van der Waals surface area (Å²) in [6.45, 7) is 13.1. The Balaban J connectivity index is 1.58. The van der Waals surface area contributed by atoms with Gasteiger partial charge < -0.3 is 23.7 Å². The van der Waals surface area contributed by atoms with Crippen LogP contribution in [0.3, 0.4) is 0 Å². The van der Waals surface area contributed by atoms with Crippen LogP contribution in [0.2, 0.25) is 5.04 Å². The highest BCUT2D eigenvalue weighted by Crippen LogP contribution is 2.37. The summed E-state index contributed by atoms with van der Waals surface area (Å²) in [4.78, 5) is 29.1. The van der Waals surface area contributed by atoms with Gasteiger partial charge in [-0.2, -0.15) is 0 Å². The molecule has 4 aromatic rings. The highest BCUT2D eigenvalue weighted by Gasteiger charge is 2.50. The van der Waals surface area contributed by atoms with Crippen molar-refractivity contribution in [3.8, 4) is 0 Å². The SMILES string of the molecule is CN(CCN(CCc1ccc(F)cc1CO[Si](c1ccccc1)(c1ccccc1)C(C)(C)C)C(=O)OCc1ccccc1)C(=O)OC(C)(C)C. The second-order valence-corrected chi connectivity index (χ2v) is 18.8. The lowest BCUT2D eigenvalue weighted by molar-refractivity contribution is 0.0275. The first-order valence-electron chi connectivity index (χ1n) is 17.1. The fourth-order valence-electron chi connectivity index (χ4n) is 5.98. The van der Waals surface area contributed by atoms with Crippen LogP contribution in [0, 0.1) is 5.82 Å². The summed E-state index contributed by atoms with van der Waals surface area (Å²) in [5.74, 6) is -0.354. The zero-order valence-electron chi connectivity index (χ0n) is 30.4. The Morgan fingerprint density at radius 2 is 1.24 bits per heavy atom. The molecule has 0 radical (unpaired) electrons. The van der Waals surface area contributed by atoms with Gasteiger partial charge in [0.25, 0.3) is 8.32 Å². The molecule has 0 aliphatic carbocycles. The first-order valence-corrected chi connectivity index (χ1v) is 19.0. The van der Waals surface area contributed by atoms with Crippen LogP contribution in [0.5, 0.6) is 0 Å². The number of hydrogen-bond donors (Lipinski definition) is 0. The summed E-state index contributed by atoms with van der Waals surface area (Å²) in [6.07, 6.45) is -0.550. The number of halogens is 1. The van der Waals surface area contributed by atoms with E-state index < -0.39 is 26.1 Å². The third-order valence-electron chi connectivity index (χ3n) is 8.55. The van der Waals surface area contributed by atoms with Crippen LogP contribution in [0.15, 0.2) is 109 Å². The lowest BCUT2D eigenvalue weighted by atomic mass is 10.0. The molecule has 4 rings (SSSR count). The molecule has 0 N–H and O–H groups in total. The number of rotatable bonds is 13. The maximum Gasteiger partial charge on any atom is 0.410 e. The first-order chi connectivity index (χ1) is 23.7. The van der Waals surface area contributed by atoms with Crippen molar-refractivity contribution in [2.24, 2.45) is 0 Å². The zero-order chi connectivity index (χ0) is 36.4. The van der Waals surface area contributed by atoms with E-state index in [0.717, 1.165) is 27.1 Å². The van der Waals surface area contributed by atoms with E-state index in [0.29, 0.717) is 6.42 Å². The number of carbonyl (C=O) groups excluding carboxylic acids is 2. The van der Waals surface area contributed by atoms with Gasteiger partial charge in [0.15, 0.2) is 0 Å². The Kier molecular flexibility index (Phi) is 13.0. The lowest BCUT2D eigenvalue weighted by Gasteiger charge is -2.43. The molecule has 0 unspecified atom stereocenters. The van der Waals surface area contributed by atoms with Crippen LogP contribution in [-0.4, -0.2) is 62.6 Å². The molecule has 7 nitrogen and oxygen atoms in total. The minimum absolute atomic E-state index is 0.117. The standard InChI is InChI=1S/C41H51FN2O5Si/c1-40(2,3)49-38(45)43(7)27-28-44(39(46)47-30-32-17-11-8-12-18-32)26-25-33-23-24-35(42)29-34(33)31-48-50(41(4,5)6,36-19-13-9-14-20-36)37-21-15-10-16-22-37/h8-24,29H,25-28,30-31H2,1-7H3. The molecule has 0 bridgehead atoms. The average molecular weight is 699 g/mol. The molecule has 2 amide bonds. The monoisotopic (exact) mass is 698 g/mol. The van der Waals surface area contributed by atoms with Crippen molar-refractivity contribution < 1.29 is 27.9 Å². The molecule has 0 atom stereocenters. The predicted molar refractivity (Wildman–Crippen MR) is 200 cm³/mol. The van der Waals surface area contributed by atoms with Crippen LogP contribution in [0.25, 0.3) is 0 Å². The van der Waals surface area contributed by atoms with Crippen molar-refractivity contribution in [3.63, 3.8) is 0 Å². The Hall–Kier alpha value is -4.47. The Morgan fingerprint density at radius 3 is 1.78 bits per heavy atom. The average Bonchev–Trinajstić information content (AvgIpc) is 3.08. The fraction of sp³-hybridized carbons (Fsp3) is 0.366. The molecular formula is C41H51FN2O5Si. The maximum absolute atomic E-state index is 14.9. The van der Waals surface area contributed by atoms with Crippen molar-refractivity contribution in [2.75, 3.05) is 26.7 Å². The van der Waals surface area contributed by atoms with E-state index in [2.05, 4.69) is 45.0 Å². The quantitative estimate of drug-likeness (QED) is 0.133. The maximum atomic E-state index is 14.9. The third kappa shape index (κ3) is 10.3. The number of amides is 2. The van der Waals surface area contributed by atoms with Gasteiger partial charge in [0.05, 0.1) is 6.61 Å². The molecule has 0 aliphatic rings. The molecule has 0 saturated heterocycles. The van der Waals surface area contributed by atoms with Crippen molar-refractivity contribution in [1.82, 2.24) is 9.80 Å². The molecule has 0 aromatic heterocycles. The molecule has 0 fully saturated rings. The van der Waals surface area contributed by atoms with Gasteiger partial charge in [-0.05, 0) is 71.4 Å². The van der Waals surface area contributed by atoms with E-state index in [9.17, 15) is 14.0 Å². The normalized spacial score (nSPS) is 11.9. The van der Waals surface area contributed by atoms with Crippen LogP contribution in [0.1, 0.15) is 58.2 Å². The number of carbonyl (C=O) groups is 2. The lowest BCUT2D eigenvalue weighted by Crippen LogP contribution is -2.66. The van der Waals surface area contributed by atoms with Gasteiger partial charge in [-0.3, -0.25) is 0 Å². The van der Waals surface area contributed by atoms with E-state index >= 15 is 0 Å². The van der Waals surface area contributed by atoms with Crippen LogP contribution in [0.4, 0.5) is 14.0 Å². The summed E-state index contributed by atoms with van der Waals surface area (Å²) in [6, 6.07) is 34.9. The molecular weight excluding hydrogens is 648 g/mol. The highest BCUT2D eigenvalue weighted by molar-refractivity contribution is 6.99. The third-order valence-corrected chi connectivity index (χ3v) is 13.5. The molecule has 0 heterocycles. The minimum Gasteiger partial charge on any atom is -0.445 e. The van der Waals surface area contributed by atoms with Gasteiger partial charge in [-0.25, -0.2) is 14.0 Å². The topological polar surface area (TPSA) is 68.3 Å². The van der Waals surface area contributed by atoms with Crippen LogP contribution < -0.4 is 10.4 Å². The van der Waals surface area contributed by atoms with E-state index in [4.69, 9.17) is 13.9 Å². The number of likely N-dealkylation sites (N-methyl/N-ethyl adjacent to an activating group) is 1. The number of ether oxygens (including phenoxy) is 2. The molecule has 4 aromatic carbocycles. The van der Waals surface area contributed by atoms with Gasteiger partial charge >= 0.3 is 12.2 Å². The second-order valence-electron chi connectivity index (χ2n) is 14.5. The fourth-order valence-corrected chi connectivity index (χ4v) is 10.5. The summed E-state index contributed by atoms with van der Waals surface area (Å²) < 4.78 is 33.2. The molecule has 266 valence electrons. The Morgan fingerprint density at radius 1 is 0.680 bits per heavy atom. The molecule has 0 spiro atoms. The molecule has 50 heavy (non-hydrogen) atoms. The van der Waals surface area contributed by atoms with Crippen molar-refractivity contribution in [1.29, 1.82) is 0 Å². The van der Waals surface area contributed by atoms with E-state index in [1.807, 2.05) is 87.5 Å². The summed E-state index contributed by atoms with van der Waals surface area (Å²) >= 11 is 0. The van der Waals surface area contributed by atoms with Crippen LogP contribution >= 0.6 is 0 Å². The van der Waals surface area contributed by atoms with Gasteiger partial charge in [-0.15, -0.1) is 0 Å². The largest absolute Gasteiger partial charge is 0.445 e. The smallest absolute Gasteiger partial charge is 0.410 e. The molecule has 0 saturated carbocycles. The number of hydrogen-bond acceptors (Lipinski definition) is 5. The van der Waals surface area contributed by atoms with Gasteiger partial charge in [0, 0.05) is 26.7 Å². The minimum atomic E-state index is -2.89. The highest BCUT2D eigenvalue weighted by atomic mass is 28.4.